The van der Waals surface area contributed by atoms with Gasteiger partial charge < -0.3 is 13.9 Å². The van der Waals surface area contributed by atoms with Crippen molar-refractivity contribution < 1.29 is 13.9 Å². The number of nitrogens with zero attached hydrogens (tertiary/aromatic N) is 3. The Kier molecular flexibility index (Phi) is 9.62. The molecule has 0 atom stereocenters. The van der Waals surface area contributed by atoms with Crippen molar-refractivity contribution in [3.63, 3.8) is 0 Å². The minimum absolute atomic E-state index is 0.179. The second kappa shape index (κ2) is 15.0. The quantitative estimate of drug-likeness (QED) is 0.161. The number of benzene rings is 6. The van der Waals surface area contributed by atoms with Gasteiger partial charge in [-0.3, -0.25) is 4.57 Å². The molecular weight excluding hydrogens is 827 g/mol. The molecule has 4 aromatic heterocycles. The topological polar surface area (TPSA) is 77.2 Å². The first kappa shape index (κ1) is 42.2. The van der Waals surface area contributed by atoms with E-state index in [-0.39, 0.29) is 11.2 Å². The van der Waals surface area contributed by atoms with Crippen LogP contribution in [0.3, 0.4) is 0 Å². The molecule has 1 saturated carbocycles. The van der Waals surface area contributed by atoms with Crippen LogP contribution in [-0.4, -0.2) is 27.7 Å². The molecular formula is C59H59N3O3Si. The van der Waals surface area contributed by atoms with Gasteiger partial charge in [-0.05, 0) is 144 Å². The lowest BCUT2D eigenvalue weighted by Gasteiger charge is -2.34. The molecule has 0 aliphatic heterocycles. The van der Waals surface area contributed by atoms with Crippen molar-refractivity contribution in [3.8, 4) is 56.5 Å². The van der Waals surface area contributed by atoms with E-state index < -0.39 is 8.07 Å². The van der Waals surface area contributed by atoms with Crippen LogP contribution in [-0.2, 0) is 5.41 Å². The zero-order valence-corrected chi connectivity index (χ0v) is 41.0. The van der Waals surface area contributed by atoms with Gasteiger partial charge in [-0.2, -0.15) is 0 Å². The summed E-state index contributed by atoms with van der Waals surface area (Å²) in [4.78, 5) is 10.9. The summed E-state index contributed by atoms with van der Waals surface area (Å²) in [6.07, 6.45) is 5.00. The van der Waals surface area contributed by atoms with Crippen molar-refractivity contribution in [2.75, 3.05) is 0 Å². The number of hydrogen-bond acceptors (Lipinski definition) is 5. The van der Waals surface area contributed by atoms with Gasteiger partial charge in [0, 0.05) is 11.1 Å². The highest BCUT2D eigenvalue weighted by Crippen LogP contribution is 2.45. The average molecular weight is 886 g/mol. The van der Waals surface area contributed by atoms with E-state index in [0.29, 0.717) is 22.7 Å². The van der Waals surface area contributed by atoms with Gasteiger partial charge >= 0.3 is 0 Å². The Morgan fingerprint density at radius 2 is 1.24 bits per heavy atom. The molecule has 0 bridgehead atoms. The molecule has 4 heterocycles. The maximum absolute atomic E-state index is 12.0. The fourth-order valence-electron chi connectivity index (χ4n) is 10.5. The lowest BCUT2D eigenvalue weighted by atomic mass is 9.71. The van der Waals surface area contributed by atoms with E-state index in [4.69, 9.17) is 18.8 Å². The Bertz CT molecular complexity index is 3420. The third kappa shape index (κ3) is 7.14. The normalized spacial score (nSPS) is 15.0. The van der Waals surface area contributed by atoms with Crippen LogP contribution in [0.25, 0.3) is 94.9 Å². The molecule has 66 heavy (non-hydrogen) atoms. The second-order valence-electron chi connectivity index (χ2n) is 22.0. The number of aryl methyl sites for hydroxylation is 2. The maximum atomic E-state index is 12.0. The lowest BCUT2D eigenvalue weighted by Crippen LogP contribution is -2.37. The molecule has 11 rings (SSSR count). The van der Waals surface area contributed by atoms with Crippen molar-refractivity contribution in [2.24, 2.45) is 5.41 Å². The molecule has 10 aromatic rings. The maximum Gasteiger partial charge on any atom is 0.149 e. The van der Waals surface area contributed by atoms with Crippen molar-refractivity contribution >= 4 is 57.4 Å². The van der Waals surface area contributed by atoms with Crippen LogP contribution >= 0.6 is 0 Å². The minimum atomic E-state index is -1.61. The van der Waals surface area contributed by atoms with Gasteiger partial charge in [-0.15, -0.1) is 0 Å². The molecule has 0 spiro atoms. The molecule has 0 radical (unpaired) electrons. The number of fused-ring (bicyclic) bond motifs is 1. The molecule has 0 amide bonds. The van der Waals surface area contributed by atoms with Gasteiger partial charge in [0.2, 0.25) is 0 Å². The zero-order chi connectivity index (χ0) is 46.0. The number of furan rings is 2. The molecule has 0 unspecified atom stereocenters. The van der Waals surface area contributed by atoms with E-state index in [1.165, 1.54) is 36.4 Å². The predicted molar refractivity (Wildman–Crippen MR) is 277 cm³/mol. The van der Waals surface area contributed by atoms with Gasteiger partial charge in [-0.1, -0.05) is 120 Å². The third-order valence-corrected chi connectivity index (χ3v) is 16.6. The summed E-state index contributed by atoms with van der Waals surface area (Å²) in [5.74, 6) is 1.47. The van der Waals surface area contributed by atoms with E-state index in [0.717, 1.165) is 100 Å². The Hall–Kier alpha value is -6.44. The van der Waals surface area contributed by atoms with Crippen molar-refractivity contribution in [3.05, 3.63) is 138 Å². The fraction of sp³-hybridized carbons (Fsp3) is 0.288. The summed E-state index contributed by atoms with van der Waals surface area (Å²) in [6, 6.07) is 40.9. The summed E-state index contributed by atoms with van der Waals surface area (Å²) in [5, 5.41) is 15.4. The number of phenolic OH excluding ortho intramolecular Hbond substituents is 1. The van der Waals surface area contributed by atoms with Gasteiger partial charge in [0.25, 0.3) is 0 Å². The van der Waals surface area contributed by atoms with E-state index >= 15 is 0 Å². The predicted octanol–water partition coefficient (Wildman–Crippen LogP) is 16.0. The van der Waals surface area contributed by atoms with Crippen LogP contribution in [0.1, 0.15) is 88.5 Å². The fourth-order valence-corrected chi connectivity index (χ4v) is 11.6. The molecule has 332 valence electrons. The van der Waals surface area contributed by atoms with Crippen LogP contribution in [0.4, 0.5) is 0 Å². The lowest BCUT2D eigenvalue weighted by molar-refractivity contribution is 0.224. The van der Waals surface area contributed by atoms with Gasteiger partial charge in [0.05, 0.1) is 52.5 Å². The standard InChI is InChI=1S/C59H59N3O3Si/c1-34-13-11-14-35(2)56(34)62-47-16-12-15-43(55(47)61-57(62)44-22-21-39(27-48(44)63)37-19-17-36(18-20-37)38-23-25-59(6,7)26-24-38)46-31-41(58(3,4)5)30-45(60-46)40-28-49-53-50(29-40)65-52-33-42(66(8,9)10)32-51(64-49)54(52)53/h11-22,27-33,38,63H,23-26H2,1-10H3. The Balaban J connectivity index is 1.04. The number of rotatable bonds is 7. The zero-order valence-electron chi connectivity index (χ0n) is 40.0. The molecule has 6 nitrogen and oxygen atoms in total. The summed E-state index contributed by atoms with van der Waals surface area (Å²) in [7, 11) is -1.61. The Labute approximate surface area is 388 Å². The number of phenols is 1. The first-order chi connectivity index (χ1) is 31.4. The summed E-state index contributed by atoms with van der Waals surface area (Å²) in [6.45, 7) is 22.8. The van der Waals surface area contributed by atoms with Crippen LogP contribution in [0.15, 0.2) is 124 Å². The number of hydrogen-bond donors (Lipinski definition) is 1. The Morgan fingerprint density at radius 3 is 1.85 bits per heavy atom. The van der Waals surface area contributed by atoms with Crippen molar-refractivity contribution in [1.29, 1.82) is 0 Å². The third-order valence-electron chi connectivity index (χ3n) is 14.6. The number of imidazole rings is 1. The molecule has 7 heteroatoms. The monoisotopic (exact) mass is 885 g/mol. The van der Waals surface area contributed by atoms with Crippen molar-refractivity contribution in [2.45, 2.75) is 105 Å². The molecule has 1 aliphatic carbocycles. The summed E-state index contributed by atoms with van der Waals surface area (Å²) < 4.78 is 15.5. The number of aromatic hydroxyl groups is 1. The summed E-state index contributed by atoms with van der Waals surface area (Å²) >= 11 is 0. The number of para-hydroxylation sites is 2. The molecule has 1 aliphatic rings. The molecule has 6 aromatic carbocycles. The number of aromatic nitrogens is 3. The van der Waals surface area contributed by atoms with Crippen LogP contribution in [0.5, 0.6) is 5.75 Å². The number of pyridine rings is 1. The minimum Gasteiger partial charge on any atom is -0.507 e. The van der Waals surface area contributed by atoms with Gasteiger partial charge in [0.15, 0.2) is 0 Å². The molecule has 0 saturated heterocycles. The van der Waals surface area contributed by atoms with Gasteiger partial charge in [-0.25, -0.2) is 9.97 Å². The first-order valence-electron chi connectivity index (χ1n) is 23.7. The first-order valence-corrected chi connectivity index (χ1v) is 27.2. The Morgan fingerprint density at radius 1 is 0.652 bits per heavy atom. The second-order valence-corrected chi connectivity index (χ2v) is 27.1. The van der Waals surface area contributed by atoms with Crippen LogP contribution in [0.2, 0.25) is 19.6 Å². The van der Waals surface area contributed by atoms with E-state index in [9.17, 15) is 5.11 Å². The van der Waals surface area contributed by atoms with E-state index in [1.807, 2.05) is 12.1 Å². The van der Waals surface area contributed by atoms with Crippen LogP contribution in [0, 0.1) is 19.3 Å². The SMILES string of the molecule is Cc1cccc(C)c1-n1c(-c2ccc(-c3ccc(C4CCC(C)(C)CC4)cc3)cc2O)nc2c(-c3cc(C(C)(C)C)cc(-c4cc5oc6cc([Si](C)(C)C)cc7oc(c4)c5c67)n3)cccc21. The van der Waals surface area contributed by atoms with Crippen LogP contribution < -0.4 is 5.19 Å². The smallest absolute Gasteiger partial charge is 0.149 e. The van der Waals surface area contributed by atoms with Crippen molar-refractivity contribution in [1.82, 2.24) is 14.5 Å². The van der Waals surface area contributed by atoms with E-state index in [2.05, 4.69) is 176 Å². The average Bonchev–Trinajstić information content (AvgIpc) is 3.97. The highest BCUT2D eigenvalue weighted by molar-refractivity contribution is 6.89. The van der Waals surface area contributed by atoms with E-state index in [1.54, 1.807) is 0 Å². The molecule has 1 N–H and O–H groups in total. The van der Waals surface area contributed by atoms with Gasteiger partial charge in [0.1, 0.15) is 33.9 Å². The molecule has 1 fully saturated rings. The highest BCUT2D eigenvalue weighted by atomic mass is 28.3. The summed E-state index contributed by atoms with van der Waals surface area (Å²) in [5.41, 5.74) is 17.5. The largest absolute Gasteiger partial charge is 0.507 e. The highest BCUT2D eigenvalue weighted by Gasteiger charge is 2.29.